The molecule has 2 rings (SSSR count). The lowest BCUT2D eigenvalue weighted by molar-refractivity contribution is -0.136. The van der Waals surface area contributed by atoms with E-state index in [2.05, 4.69) is 15.2 Å². The Labute approximate surface area is 95.8 Å². The van der Waals surface area contributed by atoms with Gasteiger partial charge in [-0.3, -0.25) is 9.78 Å². The summed E-state index contributed by atoms with van der Waals surface area (Å²) < 4.78 is 0. The predicted octanol–water partition coefficient (Wildman–Crippen LogP) is 1.62. The fourth-order valence-corrected chi connectivity index (χ4v) is 2.00. The van der Waals surface area contributed by atoms with Crippen LogP contribution in [-0.4, -0.2) is 26.3 Å². The fourth-order valence-electron chi connectivity index (χ4n) is 1.17. The summed E-state index contributed by atoms with van der Waals surface area (Å²) in [6.07, 6.45) is 3.91. The zero-order valence-corrected chi connectivity index (χ0v) is 9.15. The van der Waals surface area contributed by atoms with Gasteiger partial charge in [-0.05, 0) is 12.1 Å². The summed E-state index contributed by atoms with van der Waals surface area (Å²) >= 11 is 1.40. The molecule has 0 aliphatic heterocycles. The van der Waals surface area contributed by atoms with Crippen LogP contribution in [0.5, 0.6) is 0 Å². The highest BCUT2D eigenvalue weighted by Crippen LogP contribution is 2.22. The van der Waals surface area contributed by atoms with Gasteiger partial charge in [0.05, 0.1) is 6.42 Å². The molecule has 0 aliphatic carbocycles. The van der Waals surface area contributed by atoms with E-state index in [1.54, 1.807) is 12.4 Å². The van der Waals surface area contributed by atoms with Gasteiger partial charge in [0, 0.05) is 24.4 Å². The number of pyridine rings is 1. The number of hydrogen-bond acceptors (Lipinski definition) is 5. The second-order valence-electron chi connectivity index (χ2n) is 3.14. The standard InChI is InChI=1S/C10H9N3O2S/c14-9(15)4-3-8-12-13-10(16-8)7-2-1-5-11-6-7/h1-2,5-6H,3-4H2,(H,14,15). The van der Waals surface area contributed by atoms with Gasteiger partial charge in [-0.15, -0.1) is 10.2 Å². The van der Waals surface area contributed by atoms with Gasteiger partial charge in [0.25, 0.3) is 0 Å². The minimum Gasteiger partial charge on any atom is -0.481 e. The number of rotatable bonds is 4. The normalized spacial score (nSPS) is 10.2. The topological polar surface area (TPSA) is 76.0 Å². The first-order valence-electron chi connectivity index (χ1n) is 4.70. The molecule has 1 N–H and O–H groups in total. The third kappa shape index (κ3) is 2.60. The van der Waals surface area contributed by atoms with Gasteiger partial charge in [-0.1, -0.05) is 11.3 Å². The van der Waals surface area contributed by atoms with Crippen molar-refractivity contribution < 1.29 is 9.90 Å². The molecule has 0 aliphatic rings. The Kier molecular flexibility index (Phi) is 3.21. The summed E-state index contributed by atoms with van der Waals surface area (Å²) in [5.74, 6) is -0.821. The lowest BCUT2D eigenvalue weighted by Crippen LogP contribution is -1.96. The van der Waals surface area contributed by atoms with E-state index in [-0.39, 0.29) is 6.42 Å². The number of aryl methyl sites for hydroxylation is 1. The summed E-state index contributed by atoms with van der Waals surface area (Å²) in [5.41, 5.74) is 0.904. The SMILES string of the molecule is O=C(O)CCc1nnc(-c2cccnc2)s1. The number of aromatic nitrogens is 3. The molecule has 0 saturated heterocycles. The van der Waals surface area contributed by atoms with E-state index in [4.69, 9.17) is 5.11 Å². The van der Waals surface area contributed by atoms with Crippen LogP contribution in [0.15, 0.2) is 24.5 Å². The molecule has 2 aromatic heterocycles. The number of carboxylic acid groups (broad SMARTS) is 1. The first-order chi connectivity index (χ1) is 7.75. The summed E-state index contributed by atoms with van der Waals surface area (Å²) in [4.78, 5) is 14.4. The van der Waals surface area contributed by atoms with Gasteiger partial charge in [0.2, 0.25) is 0 Å². The van der Waals surface area contributed by atoms with E-state index in [1.165, 1.54) is 11.3 Å². The first kappa shape index (κ1) is 10.7. The van der Waals surface area contributed by atoms with Crippen molar-refractivity contribution >= 4 is 17.3 Å². The molecular formula is C10H9N3O2S. The maximum atomic E-state index is 10.4. The molecule has 0 unspecified atom stereocenters. The van der Waals surface area contributed by atoms with Gasteiger partial charge in [0.15, 0.2) is 0 Å². The van der Waals surface area contributed by atoms with Crippen molar-refractivity contribution in [2.24, 2.45) is 0 Å². The van der Waals surface area contributed by atoms with Crippen LogP contribution in [0.4, 0.5) is 0 Å². The second-order valence-corrected chi connectivity index (χ2v) is 4.20. The van der Waals surface area contributed by atoms with E-state index >= 15 is 0 Å². The second kappa shape index (κ2) is 4.80. The number of carboxylic acids is 1. The highest BCUT2D eigenvalue weighted by molar-refractivity contribution is 7.14. The molecule has 82 valence electrons. The average molecular weight is 235 g/mol. The third-order valence-corrected chi connectivity index (χ3v) is 2.96. The largest absolute Gasteiger partial charge is 0.481 e. The molecule has 0 fully saturated rings. The van der Waals surface area contributed by atoms with Crippen LogP contribution < -0.4 is 0 Å². The molecule has 16 heavy (non-hydrogen) atoms. The molecule has 0 aromatic carbocycles. The van der Waals surface area contributed by atoms with Gasteiger partial charge in [-0.25, -0.2) is 0 Å². The summed E-state index contributed by atoms with van der Waals surface area (Å²) in [6.45, 7) is 0. The molecular weight excluding hydrogens is 226 g/mol. The Morgan fingerprint density at radius 1 is 1.44 bits per heavy atom. The minimum absolute atomic E-state index is 0.0850. The van der Waals surface area contributed by atoms with Crippen molar-refractivity contribution in [3.8, 4) is 10.6 Å². The Morgan fingerprint density at radius 2 is 2.31 bits per heavy atom. The lowest BCUT2D eigenvalue weighted by atomic mass is 10.3. The summed E-state index contributed by atoms with van der Waals surface area (Å²) in [7, 11) is 0. The van der Waals surface area contributed by atoms with Crippen molar-refractivity contribution in [1.82, 2.24) is 15.2 Å². The smallest absolute Gasteiger partial charge is 0.303 e. The molecule has 0 saturated carbocycles. The van der Waals surface area contributed by atoms with E-state index in [1.807, 2.05) is 12.1 Å². The third-order valence-electron chi connectivity index (χ3n) is 1.93. The average Bonchev–Trinajstić information content (AvgIpc) is 2.76. The van der Waals surface area contributed by atoms with Crippen LogP contribution in [-0.2, 0) is 11.2 Å². The highest BCUT2D eigenvalue weighted by Gasteiger charge is 2.07. The van der Waals surface area contributed by atoms with Crippen LogP contribution in [0.2, 0.25) is 0 Å². The monoisotopic (exact) mass is 235 g/mol. The van der Waals surface area contributed by atoms with Crippen LogP contribution >= 0.6 is 11.3 Å². The molecule has 0 amide bonds. The number of nitrogens with zero attached hydrogens (tertiary/aromatic N) is 3. The molecule has 0 spiro atoms. The van der Waals surface area contributed by atoms with Gasteiger partial charge in [-0.2, -0.15) is 0 Å². The van der Waals surface area contributed by atoms with E-state index in [9.17, 15) is 4.79 Å². The van der Waals surface area contributed by atoms with E-state index < -0.39 is 5.97 Å². The van der Waals surface area contributed by atoms with Crippen molar-refractivity contribution in [3.05, 3.63) is 29.5 Å². The number of carbonyl (C=O) groups is 1. The Bertz CT molecular complexity index is 484. The van der Waals surface area contributed by atoms with Crippen LogP contribution in [0.1, 0.15) is 11.4 Å². The van der Waals surface area contributed by atoms with Crippen LogP contribution in [0, 0.1) is 0 Å². The fraction of sp³-hybridized carbons (Fsp3) is 0.200. The molecule has 0 atom stereocenters. The molecule has 2 aromatic rings. The van der Waals surface area contributed by atoms with Gasteiger partial charge in [0.1, 0.15) is 10.0 Å². The summed E-state index contributed by atoms with van der Waals surface area (Å²) in [5, 5.41) is 18.0. The van der Waals surface area contributed by atoms with Crippen molar-refractivity contribution in [2.45, 2.75) is 12.8 Å². The van der Waals surface area contributed by atoms with Crippen LogP contribution in [0.25, 0.3) is 10.6 Å². The maximum Gasteiger partial charge on any atom is 0.303 e. The van der Waals surface area contributed by atoms with Crippen molar-refractivity contribution in [3.63, 3.8) is 0 Å². The first-order valence-corrected chi connectivity index (χ1v) is 5.52. The van der Waals surface area contributed by atoms with E-state index in [0.717, 1.165) is 15.6 Å². The molecule has 0 bridgehead atoms. The van der Waals surface area contributed by atoms with Crippen molar-refractivity contribution in [2.75, 3.05) is 0 Å². The zero-order valence-electron chi connectivity index (χ0n) is 8.33. The molecule has 6 heteroatoms. The molecule has 0 radical (unpaired) electrons. The number of aliphatic carboxylic acids is 1. The lowest BCUT2D eigenvalue weighted by Gasteiger charge is -1.91. The predicted molar refractivity (Wildman–Crippen MR) is 59.1 cm³/mol. The Morgan fingerprint density at radius 3 is 3.00 bits per heavy atom. The van der Waals surface area contributed by atoms with Gasteiger partial charge >= 0.3 is 5.97 Å². The minimum atomic E-state index is -0.821. The van der Waals surface area contributed by atoms with Crippen molar-refractivity contribution in [1.29, 1.82) is 0 Å². The maximum absolute atomic E-state index is 10.4. The van der Waals surface area contributed by atoms with Crippen LogP contribution in [0.3, 0.4) is 0 Å². The summed E-state index contributed by atoms with van der Waals surface area (Å²) in [6, 6.07) is 3.72. The quantitative estimate of drug-likeness (QED) is 0.871. The van der Waals surface area contributed by atoms with Gasteiger partial charge < -0.3 is 5.11 Å². The highest BCUT2D eigenvalue weighted by atomic mass is 32.1. The Hall–Kier alpha value is -1.82. The Balaban J connectivity index is 2.11. The van der Waals surface area contributed by atoms with E-state index in [0.29, 0.717) is 6.42 Å². The zero-order chi connectivity index (χ0) is 11.4. The molecule has 2 heterocycles. The number of hydrogen-bond donors (Lipinski definition) is 1. The molecule has 5 nitrogen and oxygen atoms in total.